The van der Waals surface area contributed by atoms with Crippen LogP contribution in [0.2, 0.25) is 5.02 Å². The first-order valence-corrected chi connectivity index (χ1v) is 9.99. The third-order valence-electron chi connectivity index (χ3n) is 4.05. The van der Waals surface area contributed by atoms with E-state index < -0.39 is 0 Å². The van der Waals surface area contributed by atoms with Crippen molar-refractivity contribution in [2.75, 3.05) is 25.6 Å². The fourth-order valence-electron chi connectivity index (χ4n) is 2.53. The molecule has 2 amide bonds. The largest absolute Gasteiger partial charge is 0.385 e. The Hall–Kier alpha value is -2.48. The summed E-state index contributed by atoms with van der Waals surface area (Å²) in [7, 11) is 1.62. The van der Waals surface area contributed by atoms with Gasteiger partial charge in [0, 0.05) is 43.0 Å². The van der Waals surface area contributed by atoms with Crippen molar-refractivity contribution >= 4 is 46.4 Å². The molecule has 29 heavy (non-hydrogen) atoms. The summed E-state index contributed by atoms with van der Waals surface area (Å²) in [6, 6.07) is 14.3. The van der Waals surface area contributed by atoms with Crippen molar-refractivity contribution < 1.29 is 14.3 Å². The summed E-state index contributed by atoms with van der Waals surface area (Å²) in [6.07, 6.45) is 1.56. The molecule has 2 aromatic rings. The van der Waals surface area contributed by atoms with Crippen LogP contribution in [0.15, 0.2) is 48.5 Å². The van der Waals surface area contributed by atoms with Crippen LogP contribution in [0, 0.1) is 0 Å². The molecule has 0 radical (unpaired) electrons. The molecule has 6 nitrogen and oxygen atoms in total. The molecule has 0 fully saturated rings. The number of amides is 2. The Balaban J connectivity index is 1.76. The number of aryl methyl sites for hydroxylation is 1. The van der Waals surface area contributed by atoms with Crippen LogP contribution in [-0.4, -0.2) is 37.2 Å². The number of hydrogen-bond acceptors (Lipinski definition) is 4. The summed E-state index contributed by atoms with van der Waals surface area (Å²) < 4.78 is 4.94. The maximum absolute atomic E-state index is 12.1. The predicted octanol–water partition coefficient (Wildman–Crippen LogP) is 3.55. The van der Waals surface area contributed by atoms with Crippen molar-refractivity contribution in [2.45, 2.75) is 19.3 Å². The van der Waals surface area contributed by atoms with E-state index in [1.54, 1.807) is 37.4 Å². The molecular formula is C21H24ClN3O3S. The molecule has 154 valence electrons. The van der Waals surface area contributed by atoms with Crippen LogP contribution in [0.5, 0.6) is 0 Å². The average Bonchev–Trinajstić information content (AvgIpc) is 2.71. The topological polar surface area (TPSA) is 79.5 Å². The molecule has 0 aliphatic rings. The average molecular weight is 434 g/mol. The maximum atomic E-state index is 12.1. The lowest BCUT2D eigenvalue weighted by Crippen LogP contribution is -2.34. The van der Waals surface area contributed by atoms with Crippen LogP contribution in [-0.2, 0) is 16.0 Å². The lowest BCUT2D eigenvalue weighted by Gasteiger charge is -2.11. The highest BCUT2D eigenvalue weighted by atomic mass is 35.5. The van der Waals surface area contributed by atoms with Gasteiger partial charge in [0.05, 0.1) is 0 Å². The molecule has 0 saturated heterocycles. The van der Waals surface area contributed by atoms with Crippen LogP contribution in [0.3, 0.4) is 0 Å². The number of halogens is 1. The summed E-state index contributed by atoms with van der Waals surface area (Å²) in [5.41, 5.74) is 2.14. The molecule has 2 aromatic carbocycles. The fraction of sp³-hybridized carbons (Fsp3) is 0.286. The van der Waals surface area contributed by atoms with Gasteiger partial charge < -0.3 is 20.7 Å². The van der Waals surface area contributed by atoms with Gasteiger partial charge in [-0.1, -0.05) is 29.8 Å². The summed E-state index contributed by atoms with van der Waals surface area (Å²) in [6.45, 7) is 1.15. The smallest absolute Gasteiger partial charge is 0.251 e. The van der Waals surface area contributed by atoms with Crippen molar-refractivity contribution in [3.63, 3.8) is 0 Å². The summed E-state index contributed by atoms with van der Waals surface area (Å²) in [5, 5.41) is 9.24. The van der Waals surface area contributed by atoms with E-state index in [2.05, 4.69) is 16.0 Å². The molecule has 0 atom stereocenters. The Bertz CT molecular complexity index is 843. The zero-order valence-corrected chi connectivity index (χ0v) is 17.7. The monoisotopic (exact) mass is 433 g/mol. The van der Waals surface area contributed by atoms with E-state index >= 15 is 0 Å². The molecule has 0 aliphatic carbocycles. The molecule has 0 heterocycles. The quantitative estimate of drug-likeness (QED) is 0.416. The highest BCUT2D eigenvalue weighted by Gasteiger charge is 2.08. The zero-order valence-electron chi connectivity index (χ0n) is 16.2. The van der Waals surface area contributed by atoms with Gasteiger partial charge in [0.25, 0.3) is 5.91 Å². The standard InChI is InChI=1S/C21H24ClN3O3S/c1-28-14-4-13-23-20(27)16-7-10-17(11-8-16)24-21(29)25-19(26)12-9-15-5-2-3-6-18(15)22/h2-3,5-8,10-11H,4,9,12-14H2,1H3,(H,23,27)(H2,24,25,26,29). The molecular weight excluding hydrogens is 410 g/mol. The summed E-state index contributed by atoms with van der Waals surface area (Å²) >= 11 is 11.3. The molecule has 0 aliphatic heterocycles. The van der Waals surface area contributed by atoms with Crippen molar-refractivity contribution in [1.29, 1.82) is 0 Å². The fourth-order valence-corrected chi connectivity index (χ4v) is 2.99. The first kappa shape index (κ1) is 22.8. The van der Waals surface area contributed by atoms with Crippen molar-refractivity contribution in [2.24, 2.45) is 0 Å². The number of rotatable bonds is 9. The van der Waals surface area contributed by atoms with E-state index in [0.29, 0.717) is 35.8 Å². The second-order valence-electron chi connectivity index (χ2n) is 6.27. The van der Waals surface area contributed by atoms with Gasteiger partial charge in [-0.05, 0) is 61.0 Å². The van der Waals surface area contributed by atoms with Crippen molar-refractivity contribution in [3.8, 4) is 0 Å². The number of hydrogen-bond donors (Lipinski definition) is 3. The van der Waals surface area contributed by atoms with E-state index in [4.69, 9.17) is 28.6 Å². The van der Waals surface area contributed by atoms with Gasteiger partial charge in [0.2, 0.25) is 5.91 Å². The Morgan fingerprint density at radius 1 is 1.10 bits per heavy atom. The van der Waals surface area contributed by atoms with Gasteiger partial charge >= 0.3 is 0 Å². The Labute approximate surface area is 181 Å². The molecule has 0 saturated carbocycles. The molecule has 0 bridgehead atoms. The van der Waals surface area contributed by atoms with E-state index in [0.717, 1.165) is 12.0 Å². The van der Waals surface area contributed by atoms with Crippen LogP contribution in [0.4, 0.5) is 5.69 Å². The van der Waals surface area contributed by atoms with Crippen LogP contribution in [0.1, 0.15) is 28.8 Å². The molecule has 3 N–H and O–H groups in total. The minimum Gasteiger partial charge on any atom is -0.385 e. The molecule has 8 heteroatoms. The van der Waals surface area contributed by atoms with Gasteiger partial charge in [0.15, 0.2) is 5.11 Å². The second-order valence-corrected chi connectivity index (χ2v) is 7.09. The van der Waals surface area contributed by atoms with Crippen LogP contribution >= 0.6 is 23.8 Å². The molecule has 0 aromatic heterocycles. The third kappa shape index (κ3) is 8.19. The number of anilines is 1. The van der Waals surface area contributed by atoms with Crippen molar-refractivity contribution in [1.82, 2.24) is 10.6 Å². The minimum absolute atomic E-state index is 0.150. The number of methoxy groups -OCH3 is 1. The summed E-state index contributed by atoms with van der Waals surface area (Å²) in [4.78, 5) is 24.1. The number of thiocarbonyl (C=S) groups is 1. The Morgan fingerprint density at radius 3 is 2.52 bits per heavy atom. The predicted molar refractivity (Wildman–Crippen MR) is 119 cm³/mol. The lowest BCUT2D eigenvalue weighted by molar-refractivity contribution is -0.119. The maximum Gasteiger partial charge on any atom is 0.251 e. The van der Waals surface area contributed by atoms with Crippen LogP contribution in [0.25, 0.3) is 0 Å². The minimum atomic E-state index is -0.200. The number of carbonyl (C=O) groups is 2. The van der Waals surface area contributed by atoms with Gasteiger partial charge in [-0.15, -0.1) is 0 Å². The lowest BCUT2D eigenvalue weighted by atomic mass is 10.1. The molecule has 0 spiro atoms. The van der Waals surface area contributed by atoms with E-state index in [-0.39, 0.29) is 23.3 Å². The SMILES string of the molecule is COCCCNC(=O)c1ccc(NC(=S)NC(=O)CCc2ccccc2Cl)cc1. The van der Waals surface area contributed by atoms with Gasteiger partial charge in [-0.25, -0.2) is 0 Å². The Kier molecular flexibility index (Phi) is 9.56. The first-order chi connectivity index (χ1) is 14.0. The highest BCUT2D eigenvalue weighted by Crippen LogP contribution is 2.16. The number of carbonyl (C=O) groups excluding carboxylic acids is 2. The third-order valence-corrected chi connectivity index (χ3v) is 4.62. The van der Waals surface area contributed by atoms with Gasteiger partial charge in [-0.3, -0.25) is 9.59 Å². The summed E-state index contributed by atoms with van der Waals surface area (Å²) in [5.74, 6) is -0.349. The number of ether oxygens (including phenoxy) is 1. The van der Waals surface area contributed by atoms with Gasteiger partial charge in [-0.2, -0.15) is 0 Å². The normalized spacial score (nSPS) is 10.3. The highest BCUT2D eigenvalue weighted by molar-refractivity contribution is 7.80. The van der Waals surface area contributed by atoms with Crippen LogP contribution < -0.4 is 16.0 Å². The van der Waals surface area contributed by atoms with Gasteiger partial charge in [0.1, 0.15) is 0 Å². The number of benzene rings is 2. The van der Waals surface area contributed by atoms with E-state index in [9.17, 15) is 9.59 Å². The zero-order chi connectivity index (χ0) is 21.1. The van der Waals surface area contributed by atoms with E-state index in [1.807, 2.05) is 18.2 Å². The first-order valence-electron chi connectivity index (χ1n) is 9.21. The van der Waals surface area contributed by atoms with E-state index in [1.165, 1.54) is 0 Å². The second kappa shape index (κ2) is 12.2. The van der Waals surface area contributed by atoms with Crippen molar-refractivity contribution in [3.05, 3.63) is 64.7 Å². The Morgan fingerprint density at radius 2 is 1.83 bits per heavy atom. The molecule has 0 unspecified atom stereocenters. The number of nitrogens with one attached hydrogen (secondary N) is 3. The molecule has 2 rings (SSSR count).